The van der Waals surface area contributed by atoms with Crippen molar-refractivity contribution in [2.75, 3.05) is 11.9 Å². The van der Waals surface area contributed by atoms with Gasteiger partial charge in [-0.25, -0.2) is 19.7 Å². The molecule has 4 rings (SSSR count). The summed E-state index contributed by atoms with van der Waals surface area (Å²) in [4.78, 5) is 23.9. The number of pyridine rings is 1. The Kier molecular flexibility index (Phi) is 7.82. The lowest BCUT2D eigenvalue weighted by Gasteiger charge is -2.16. The van der Waals surface area contributed by atoms with Crippen LogP contribution in [0.1, 0.15) is 32.7 Å². The molecule has 2 aromatic heterocycles. The van der Waals surface area contributed by atoms with E-state index in [9.17, 15) is 23.1 Å². The van der Waals surface area contributed by atoms with Crippen LogP contribution >= 0.6 is 11.6 Å². The first-order valence-electron chi connectivity index (χ1n) is 11.4. The van der Waals surface area contributed by atoms with Crippen LogP contribution in [-0.4, -0.2) is 32.6 Å². The molecule has 0 bridgehead atoms. The van der Waals surface area contributed by atoms with Gasteiger partial charge < -0.3 is 15.2 Å². The van der Waals surface area contributed by atoms with E-state index in [2.05, 4.69) is 20.3 Å². The maximum atomic E-state index is 12.9. The molecule has 7 nitrogen and oxygen atoms in total. The first-order valence-corrected chi connectivity index (χ1v) is 11.8. The maximum Gasteiger partial charge on any atom is 0.417 e. The monoisotopic (exact) mass is 542 g/mol. The Hall–Kier alpha value is -4.18. The predicted molar refractivity (Wildman–Crippen MR) is 137 cm³/mol. The number of aryl methyl sites for hydroxylation is 2. The lowest BCUT2D eigenvalue weighted by atomic mass is 9.92. The van der Waals surface area contributed by atoms with Crippen LogP contribution in [0.25, 0.3) is 11.1 Å². The summed E-state index contributed by atoms with van der Waals surface area (Å²) in [6, 6.07) is 12.1. The SMILES string of the molecule is Cc1ccc(C(=O)O)c(-c2cc(Oc3ccc(C(F)(F)F)cn3)ccc2CCNc2ncnc(C)c2Cl)c1. The summed E-state index contributed by atoms with van der Waals surface area (Å²) in [7, 11) is 0. The van der Waals surface area contributed by atoms with Crippen LogP contribution in [0.2, 0.25) is 5.02 Å². The first kappa shape index (κ1) is 26.9. The number of rotatable bonds is 8. The van der Waals surface area contributed by atoms with E-state index in [4.69, 9.17) is 16.3 Å². The molecular formula is C27H22ClF3N4O3. The number of aromatic carboxylic acids is 1. The minimum Gasteiger partial charge on any atom is -0.478 e. The Bertz CT molecular complexity index is 1480. The fourth-order valence-corrected chi connectivity index (χ4v) is 3.95. The van der Waals surface area contributed by atoms with Crippen molar-refractivity contribution in [3.05, 3.63) is 94.0 Å². The molecule has 0 atom stereocenters. The third-order valence-electron chi connectivity index (χ3n) is 5.71. The molecule has 2 heterocycles. The summed E-state index contributed by atoms with van der Waals surface area (Å²) in [5.74, 6) is -0.356. The second kappa shape index (κ2) is 11.1. The zero-order chi connectivity index (χ0) is 27.4. The Morgan fingerprint density at radius 1 is 1.03 bits per heavy atom. The Balaban J connectivity index is 1.67. The van der Waals surface area contributed by atoms with Crippen LogP contribution in [0.15, 0.2) is 61.1 Å². The molecule has 38 heavy (non-hydrogen) atoms. The summed E-state index contributed by atoms with van der Waals surface area (Å²) in [6.45, 7) is 4.04. The number of halogens is 4. The van der Waals surface area contributed by atoms with Gasteiger partial charge >= 0.3 is 12.1 Å². The number of aromatic nitrogens is 3. The molecule has 196 valence electrons. The van der Waals surface area contributed by atoms with Crippen molar-refractivity contribution in [3.63, 3.8) is 0 Å². The highest BCUT2D eigenvalue weighted by molar-refractivity contribution is 6.33. The van der Waals surface area contributed by atoms with E-state index in [1.807, 2.05) is 6.92 Å². The van der Waals surface area contributed by atoms with Gasteiger partial charge in [-0.05, 0) is 61.2 Å². The number of alkyl halides is 3. The normalized spacial score (nSPS) is 11.3. The van der Waals surface area contributed by atoms with Gasteiger partial charge in [0.1, 0.15) is 22.9 Å². The van der Waals surface area contributed by atoms with Gasteiger partial charge in [-0.3, -0.25) is 0 Å². The second-order valence-corrected chi connectivity index (χ2v) is 8.83. The summed E-state index contributed by atoms with van der Waals surface area (Å²) < 4.78 is 44.3. The highest BCUT2D eigenvalue weighted by atomic mass is 35.5. The molecule has 2 N–H and O–H groups in total. The lowest BCUT2D eigenvalue weighted by molar-refractivity contribution is -0.137. The van der Waals surface area contributed by atoms with E-state index in [-0.39, 0.29) is 17.2 Å². The molecule has 0 amide bonds. The molecule has 0 aliphatic carbocycles. The quantitative estimate of drug-likeness (QED) is 0.248. The molecule has 0 radical (unpaired) electrons. The van der Waals surface area contributed by atoms with E-state index in [0.29, 0.717) is 46.8 Å². The Labute approximate surface area is 221 Å². The van der Waals surface area contributed by atoms with Gasteiger partial charge in [0.05, 0.1) is 16.8 Å². The average Bonchev–Trinajstić information content (AvgIpc) is 2.87. The molecule has 0 fully saturated rings. The van der Waals surface area contributed by atoms with Crippen molar-refractivity contribution in [1.29, 1.82) is 0 Å². The van der Waals surface area contributed by atoms with Gasteiger partial charge in [-0.15, -0.1) is 0 Å². The number of nitrogens with zero attached hydrogens (tertiary/aromatic N) is 3. The predicted octanol–water partition coefficient (Wildman–Crippen LogP) is 6.97. The summed E-state index contributed by atoms with van der Waals surface area (Å²) in [5, 5.41) is 13.4. The lowest BCUT2D eigenvalue weighted by Crippen LogP contribution is -2.09. The number of anilines is 1. The van der Waals surface area contributed by atoms with Crippen molar-refractivity contribution in [2.24, 2.45) is 0 Å². The number of carbonyl (C=O) groups is 1. The van der Waals surface area contributed by atoms with Crippen LogP contribution in [0.4, 0.5) is 19.0 Å². The smallest absolute Gasteiger partial charge is 0.417 e. The Morgan fingerprint density at radius 2 is 1.82 bits per heavy atom. The molecule has 0 aliphatic rings. The largest absolute Gasteiger partial charge is 0.478 e. The van der Waals surface area contributed by atoms with Gasteiger partial charge in [0.2, 0.25) is 5.88 Å². The molecule has 11 heteroatoms. The standard InChI is InChI=1S/C27H22ClF3N4O3/c1-15-3-7-20(26(36)37)22(11-15)21-12-19(38-23-8-5-18(13-33-23)27(29,30)31)6-4-17(21)9-10-32-25-24(28)16(2)34-14-35-25/h3-8,11-14H,9-10H2,1-2H3,(H,36,37)(H,32,34,35). The van der Waals surface area contributed by atoms with E-state index in [1.165, 1.54) is 12.4 Å². The molecule has 0 spiro atoms. The summed E-state index contributed by atoms with van der Waals surface area (Å²) in [6.07, 6.45) is -1.94. The van der Waals surface area contributed by atoms with Crippen molar-refractivity contribution in [1.82, 2.24) is 15.0 Å². The van der Waals surface area contributed by atoms with Crippen LogP contribution in [0.5, 0.6) is 11.6 Å². The number of hydrogen-bond acceptors (Lipinski definition) is 6. The maximum absolute atomic E-state index is 12.9. The van der Waals surface area contributed by atoms with E-state index < -0.39 is 17.7 Å². The fraction of sp³-hybridized carbons (Fsp3) is 0.185. The second-order valence-electron chi connectivity index (χ2n) is 8.46. The highest BCUT2D eigenvalue weighted by Crippen LogP contribution is 2.34. The van der Waals surface area contributed by atoms with Crippen molar-refractivity contribution in [3.8, 4) is 22.8 Å². The van der Waals surface area contributed by atoms with Crippen molar-refractivity contribution in [2.45, 2.75) is 26.4 Å². The van der Waals surface area contributed by atoms with Crippen LogP contribution < -0.4 is 10.1 Å². The van der Waals surface area contributed by atoms with E-state index in [0.717, 1.165) is 23.3 Å². The van der Waals surface area contributed by atoms with Gasteiger partial charge in [0.15, 0.2) is 0 Å². The first-order chi connectivity index (χ1) is 18.0. The molecule has 0 saturated carbocycles. The number of benzene rings is 2. The fourth-order valence-electron chi connectivity index (χ4n) is 3.78. The average molecular weight is 543 g/mol. The summed E-state index contributed by atoms with van der Waals surface area (Å²) in [5.41, 5.74) is 2.58. The van der Waals surface area contributed by atoms with Gasteiger partial charge in [-0.2, -0.15) is 13.2 Å². The molecule has 0 aliphatic heterocycles. The van der Waals surface area contributed by atoms with Crippen LogP contribution in [-0.2, 0) is 12.6 Å². The molecule has 0 saturated heterocycles. The molecule has 2 aromatic carbocycles. The zero-order valence-electron chi connectivity index (χ0n) is 20.3. The Morgan fingerprint density at radius 3 is 2.50 bits per heavy atom. The minimum absolute atomic E-state index is 0.0326. The van der Waals surface area contributed by atoms with Crippen LogP contribution in [0.3, 0.4) is 0 Å². The third kappa shape index (κ3) is 6.20. The third-order valence-corrected chi connectivity index (χ3v) is 6.17. The van der Waals surface area contributed by atoms with Crippen molar-refractivity contribution < 1.29 is 27.8 Å². The number of nitrogens with one attached hydrogen (secondary N) is 1. The van der Waals surface area contributed by atoms with Crippen LogP contribution in [0, 0.1) is 13.8 Å². The number of carboxylic acid groups (broad SMARTS) is 1. The molecular weight excluding hydrogens is 521 g/mol. The number of hydrogen-bond donors (Lipinski definition) is 2. The van der Waals surface area contributed by atoms with E-state index >= 15 is 0 Å². The molecule has 0 unspecified atom stereocenters. The molecule has 4 aromatic rings. The van der Waals surface area contributed by atoms with Gasteiger partial charge in [0.25, 0.3) is 0 Å². The van der Waals surface area contributed by atoms with E-state index in [1.54, 1.807) is 37.3 Å². The minimum atomic E-state index is -4.51. The van der Waals surface area contributed by atoms with Gasteiger partial charge in [0, 0.05) is 18.8 Å². The summed E-state index contributed by atoms with van der Waals surface area (Å²) >= 11 is 6.27. The highest BCUT2D eigenvalue weighted by Gasteiger charge is 2.30. The van der Waals surface area contributed by atoms with Crippen molar-refractivity contribution >= 4 is 23.4 Å². The topological polar surface area (TPSA) is 97.2 Å². The number of ether oxygens (including phenoxy) is 1. The van der Waals surface area contributed by atoms with Gasteiger partial charge in [-0.1, -0.05) is 35.4 Å². The zero-order valence-corrected chi connectivity index (χ0v) is 21.1. The number of carboxylic acids is 1.